The summed E-state index contributed by atoms with van der Waals surface area (Å²) in [5, 5.41) is 3.05. The summed E-state index contributed by atoms with van der Waals surface area (Å²) in [5.41, 5.74) is 0. The number of likely N-dealkylation sites (N-methyl/N-ethyl adjacent to an activating group) is 1. The number of nitrogens with zero attached hydrogens (tertiary/aromatic N) is 1. The fourth-order valence-corrected chi connectivity index (χ4v) is 12.5. The highest BCUT2D eigenvalue weighted by Gasteiger charge is 2.27. The number of unbranched alkanes of at least 4 members (excludes halogenated alkanes) is 50. The van der Waals surface area contributed by atoms with Crippen molar-refractivity contribution in [2.75, 3.05) is 40.9 Å². The van der Waals surface area contributed by atoms with Crippen LogP contribution in [-0.2, 0) is 27.9 Å². The molecule has 524 valence electrons. The molecular weight excluding hydrogens is 1120 g/mol. The molecule has 0 aromatic heterocycles. The van der Waals surface area contributed by atoms with Crippen LogP contribution in [0.1, 0.15) is 393 Å². The number of esters is 1. The molecule has 0 radical (unpaired) electrons. The van der Waals surface area contributed by atoms with Crippen LogP contribution < -0.4 is 10.2 Å². The van der Waals surface area contributed by atoms with E-state index in [0.29, 0.717) is 17.4 Å². The Balaban J connectivity index is 4.88. The maximum absolute atomic E-state index is 13.6. The average Bonchev–Trinajstić information content (AvgIpc) is 3.64. The van der Waals surface area contributed by atoms with E-state index in [1.807, 2.05) is 33.3 Å². The Bertz CT molecular complexity index is 1660. The summed E-state index contributed by atoms with van der Waals surface area (Å²) in [6, 6.07) is -0.888. The second-order valence-corrected chi connectivity index (χ2v) is 29.3. The number of phosphoric ester groups is 1. The summed E-state index contributed by atoms with van der Waals surface area (Å²) < 4.78 is 30.5. The van der Waals surface area contributed by atoms with Crippen molar-refractivity contribution in [3.05, 3.63) is 48.6 Å². The van der Waals surface area contributed by atoms with E-state index in [-0.39, 0.29) is 31.5 Å². The highest BCUT2D eigenvalue weighted by atomic mass is 31.2. The predicted molar refractivity (Wildman–Crippen MR) is 386 cm³/mol. The van der Waals surface area contributed by atoms with Gasteiger partial charge in [-0.05, 0) is 70.3 Å². The first-order valence-corrected chi connectivity index (χ1v) is 40.4. The van der Waals surface area contributed by atoms with Crippen molar-refractivity contribution in [1.29, 1.82) is 0 Å². The smallest absolute Gasteiger partial charge is 0.306 e. The van der Waals surface area contributed by atoms with Crippen molar-refractivity contribution in [1.82, 2.24) is 5.32 Å². The minimum Gasteiger partial charge on any atom is -0.756 e. The molecule has 89 heavy (non-hydrogen) atoms. The molecule has 0 aliphatic heterocycles. The number of hydrogen-bond acceptors (Lipinski definition) is 7. The van der Waals surface area contributed by atoms with Crippen LogP contribution >= 0.6 is 7.82 Å². The Hall–Kier alpha value is -2.03. The first kappa shape index (κ1) is 87.0. The van der Waals surface area contributed by atoms with Crippen molar-refractivity contribution < 1.29 is 37.3 Å². The molecule has 0 saturated carbocycles. The van der Waals surface area contributed by atoms with Crippen molar-refractivity contribution in [3.8, 4) is 0 Å². The van der Waals surface area contributed by atoms with Crippen molar-refractivity contribution in [2.45, 2.75) is 405 Å². The van der Waals surface area contributed by atoms with Gasteiger partial charge < -0.3 is 28.5 Å². The third-order valence-electron chi connectivity index (χ3n) is 17.8. The van der Waals surface area contributed by atoms with Crippen molar-refractivity contribution in [2.24, 2.45) is 0 Å². The van der Waals surface area contributed by atoms with E-state index in [0.717, 1.165) is 70.6 Å². The molecule has 0 rings (SSSR count). The van der Waals surface area contributed by atoms with Gasteiger partial charge >= 0.3 is 5.97 Å². The van der Waals surface area contributed by atoms with Crippen LogP contribution in [0.2, 0.25) is 0 Å². The third kappa shape index (κ3) is 70.1. The van der Waals surface area contributed by atoms with Crippen LogP contribution in [0.3, 0.4) is 0 Å². The summed E-state index contributed by atoms with van der Waals surface area (Å²) in [6.07, 6.45) is 88.3. The molecule has 0 aliphatic rings. The summed E-state index contributed by atoms with van der Waals surface area (Å²) in [5.74, 6) is -0.523. The molecule has 3 atom stereocenters. The minimum atomic E-state index is -4.70. The molecule has 0 fully saturated rings. The van der Waals surface area contributed by atoms with Gasteiger partial charge in [-0.15, -0.1) is 0 Å². The predicted octanol–water partition coefficient (Wildman–Crippen LogP) is 24.5. The van der Waals surface area contributed by atoms with Gasteiger partial charge in [0.25, 0.3) is 7.82 Å². The number of rotatable bonds is 72. The number of allylic oxidation sites excluding steroid dienone is 7. The lowest BCUT2D eigenvalue weighted by Gasteiger charge is -2.30. The van der Waals surface area contributed by atoms with Gasteiger partial charge in [0, 0.05) is 12.8 Å². The molecular formula is C79H151N2O7P. The number of phosphoric acid groups is 1. The van der Waals surface area contributed by atoms with E-state index in [9.17, 15) is 19.0 Å². The maximum atomic E-state index is 13.6. The molecule has 0 bridgehead atoms. The van der Waals surface area contributed by atoms with E-state index in [2.05, 4.69) is 62.5 Å². The Morgan fingerprint density at radius 2 is 0.685 bits per heavy atom. The summed E-state index contributed by atoms with van der Waals surface area (Å²) in [4.78, 5) is 40.3. The lowest BCUT2D eigenvalue weighted by Crippen LogP contribution is -2.47. The van der Waals surface area contributed by atoms with Gasteiger partial charge in [-0.1, -0.05) is 359 Å². The van der Waals surface area contributed by atoms with E-state index in [1.165, 1.54) is 289 Å². The monoisotopic (exact) mass is 1270 g/mol. The molecule has 0 heterocycles. The quantitative estimate of drug-likeness (QED) is 0.0212. The van der Waals surface area contributed by atoms with Crippen molar-refractivity contribution in [3.63, 3.8) is 0 Å². The second kappa shape index (κ2) is 68.8. The van der Waals surface area contributed by atoms with E-state index in [1.54, 1.807) is 0 Å². The SMILES string of the molecule is CCCCC/C=C\C/C=C\C/C=C\CCCCCCCCCCCCCCC(=O)OC(/C=C/CCCCCCCCCCC)C(COP(=O)([O-])OCC[N+](C)(C)C)NC(=O)CCCCCCCCCCCCCCCCCCCCCCCCCCCCC. The molecule has 0 aromatic carbocycles. The fourth-order valence-electron chi connectivity index (χ4n) is 11.8. The van der Waals surface area contributed by atoms with Crippen LogP contribution in [0, 0.1) is 0 Å². The topological polar surface area (TPSA) is 114 Å². The zero-order valence-corrected chi connectivity index (χ0v) is 61.1. The molecule has 1 N–H and O–H groups in total. The van der Waals surface area contributed by atoms with E-state index >= 15 is 0 Å². The number of quaternary nitrogens is 1. The Labute approximate surface area is 554 Å². The van der Waals surface area contributed by atoms with Gasteiger partial charge in [0.05, 0.1) is 33.8 Å². The average molecular weight is 1270 g/mol. The Morgan fingerprint density at radius 1 is 0.393 bits per heavy atom. The lowest BCUT2D eigenvalue weighted by atomic mass is 10.0. The first-order chi connectivity index (χ1) is 43.4. The molecule has 0 aromatic rings. The Morgan fingerprint density at radius 3 is 1.04 bits per heavy atom. The molecule has 0 spiro atoms. The molecule has 3 unspecified atom stereocenters. The normalized spacial score (nSPS) is 13.7. The van der Waals surface area contributed by atoms with Gasteiger partial charge in [-0.3, -0.25) is 14.2 Å². The molecule has 9 nitrogen and oxygen atoms in total. The van der Waals surface area contributed by atoms with Crippen LogP contribution in [0.25, 0.3) is 0 Å². The van der Waals surface area contributed by atoms with Gasteiger partial charge in [0.2, 0.25) is 5.91 Å². The maximum Gasteiger partial charge on any atom is 0.306 e. The van der Waals surface area contributed by atoms with Crippen LogP contribution in [0.15, 0.2) is 48.6 Å². The Kier molecular flexibility index (Phi) is 67.2. The van der Waals surface area contributed by atoms with Gasteiger partial charge in [-0.2, -0.15) is 0 Å². The first-order valence-electron chi connectivity index (χ1n) is 38.9. The van der Waals surface area contributed by atoms with E-state index < -0.39 is 20.0 Å². The zero-order valence-electron chi connectivity index (χ0n) is 60.2. The van der Waals surface area contributed by atoms with Crippen LogP contribution in [-0.4, -0.2) is 69.4 Å². The van der Waals surface area contributed by atoms with E-state index in [4.69, 9.17) is 13.8 Å². The number of carbonyl (C=O) groups is 2. The lowest BCUT2D eigenvalue weighted by molar-refractivity contribution is -0.870. The largest absolute Gasteiger partial charge is 0.756 e. The number of amides is 1. The summed E-state index contributed by atoms with van der Waals surface area (Å²) >= 11 is 0. The second-order valence-electron chi connectivity index (χ2n) is 27.9. The molecule has 0 aliphatic carbocycles. The fraction of sp³-hybridized carbons (Fsp3) is 0.873. The van der Waals surface area contributed by atoms with Gasteiger partial charge in [0.15, 0.2) is 0 Å². The molecule has 0 saturated heterocycles. The number of nitrogens with one attached hydrogen (secondary N) is 1. The molecule has 10 heteroatoms. The molecule has 1 amide bonds. The standard InChI is InChI=1S/C79H151N2O7P/c1-7-10-13-16-19-22-25-27-29-31-33-35-37-39-40-42-43-45-47-49-51-53-56-59-62-65-68-71-78(82)80-76(75-87-89(84,85)86-74-73-81(4,5)6)77(70-67-64-61-58-55-24-21-18-15-12-9-3)88-79(83)72-69-66-63-60-57-54-52-50-48-46-44-41-38-36-34-32-30-28-26-23-20-17-14-11-8-2/h20,23,28,30,34,36,67,70,76-77H,7-19,21-22,24-27,29,31-33,35,37-66,68-69,71-75H2,1-6H3,(H-,80,82,84,85)/b23-20-,30-28-,36-34-,70-67+. The highest BCUT2D eigenvalue weighted by molar-refractivity contribution is 7.45. The zero-order chi connectivity index (χ0) is 64.9. The summed E-state index contributed by atoms with van der Waals surface area (Å²) in [7, 11) is 1.20. The van der Waals surface area contributed by atoms with Crippen molar-refractivity contribution >= 4 is 19.7 Å². The van der Waals surface area contributed by atoms with Crippen LogP contribution in [0.4, 0.5) is 0 Å². The number of ether oxygens (including phenoxy) is 1. The highest BCUT2D eigenvalue weighted by Crippen LogP contribution is 2.38. The third-order valence-corrected chi connectivity index (χ3v) is 18.7. The summed E-state index contributed by atoms with van der Waals surface area (Å²) in [6.45, 7) is 6.88. The van der Waals surface area contributed by atoms with Gasteiger partial charge in [0.1, 0.15) is 19.3 Å². The number of hydrogen-bond donors (Lipinski definition) is 1. The number of carbonyl (C=O) groups excluding carboxylic acids is 2. The van der Waals surface area contributed by atoms with Crippen LogP contribution in [0.5, 0.6) is 0 Å². The van der Waals surface area contributed by atoms with Gasteiger partial charge in [-0.25, -0.2) is 0 Å². The minimum absolute atomic E-state index is 0.0203.